The fraction of sp³-hybridized carbons (Fsp3) is 0.125. The number of carboxylic acid groups (broad SMARTS) is 1. The molecule has 0 unspecified atom stereocenters. The van der Waals surface area contributed by atoms with Crippen LogP contribution >= 0.6 is 15.9 Å². The van der Waals surface area contributed by atoms with E-state index in [1.54, 1.807) is 13.0 Å². The highest BCUT2D eigenvalue weighted by Crippen LogP contribution is 2.14. The molecule has 5 nitrogen and oxygen atoms in total. The smallest absolute Gasteiger partial charge is 0.339 e. The Morgan fingerprint density at radius 3 is 3.00 bits per heavy atom. The van der Waals surface area contributed by atoms with Gasteiger partial charge in [-0.2, -0.15) is 5.10 Å². The molecule has 72 valence electrons. The van der Waals surface area contributed by atoms with E-state index < -0.39 is 5.97 Å². The number of aromatic carboxylic acids is 1. The van der Waals surface area contributed by atoms with Crippen molar-refractivity contribution in [1.29, 1.82) is 0 Å². The number of carbonyl (C=O) groups is 1. The number of hydrogen-bond donors (Lipinski definition) is 1. The number of halogens is 1. The maximum atomic E-state index is 10.8. The van der Waals surface area contributed by atoms with Gasteiger partial charge in [-0.05, 0) is 22.9 Å². The van der Waals surface area contributed by atoms with Gasteiger partial charge in [0, 0.05) is 12.3 Å². The van der Waals surface area contributed by atoms with E-state index in [1.807, 2.05) is 0 Å². The number of aromatic nitrogens is 3. The third kappa shape index (κ3) is 1.27. The number of rotatable bonds is 1. The van der Waals surface area contributed by atoms with Gasteiger partial charge in [0.2, 0.25) is 0 Å². The lowest BCUT2D eigenvalue weighted by Gasteiger charge is -2.01. The topological polar surface area (TPSA) is 67.5 Å². The quantitative estimate of drug-likeness (QED) is 0.839. The average molecular weight is 256 g/mol. The van der Waals surface area contributed by atoms with Crippen molar-refractivity contribution in [3.63, 3.8) is 0 Å². The van der Waals surface area contributed by atoms with E-state index in [0.29, 0.717) is 15.9 Å². The lowest BCUT2D eigenvalue weighted by molar-refractivity contribution is 0.0695. The zero-order valence-electron chi connectivity index (χ0n) is 7.23. The molecule has 0 saturated carbocycles. The summed E-state index contributed by atoms with van der Waals surface area (Å²) >= 11 is 3.20. The first-order chi connectivity index (χ1) is 6.59. The van der Waals surface area contributed by atoms with Gasteiger partial charge >= 0.3 is 5.97 Å². The normalized spacial score (nSPS) is 10.7. The fourth-order valence-corrected chi connectivity index (χ4v) is 1.59. The van der Waals surface area contributed by atoms with Gasteiger partial charge in [0.1, 0.15) is 4.60 Å². The number of aryl methyl sites for hydroxylation is 1. The predicted molar refractivity (Wildman–Crippen MR) is 52.4 cm³/mol. The maximum Gasteiger partial charge on any atom is 0.339 e. The van der Waals surface area contributed by atoms with Crippen LogP contribution in [0.1, 0.15) is 16.1 Å². The van der Waals surface area contributed by atoms with E-state index in [4.69, 9.17) is 5.11 Å². The first-order valence-corrected chi connectivity index (χ1v) is 4.63. The zero-order valence-corrected chi connectivity index (χ0v) is 8.82. The minimum absolute atomic E-state index is 0.160. The molecule has 0 bridgehead atoms. The SMILES string of the molecule is Cc1c(C(=O)O)cnc2cc(Br)nn12. The van der Waals surface area contributed by atoms with Crippen LogP contribution in [0.2, 0.25) is 0 Å². The molecular formula is C8H6BrN3O2. The molecule has 2 aromatic heterocycles. The van der Waals surface area contributed by atoms with E-state index in [1.165, 1.54) is 10.7 Å². The summed E-state index contributed by atoms with van der Waals surface area (Å²) in [5.74, 6) is -0.997. The van der Waals surface area contributed by atoms with Gasteiger partial charge in [-0.1, -0.05) is 0 Å². The van der Waals surface area contributed by atoms with Crippen molar-refractivity contribution in [1.82, 2.24) is 14.6 Å². The highest BCUT2D eigenvalue weighted by molar-refractivity contribution is 9.10. The molecule has 0 aliphatic rings. The van der Waals surface area contributed by atoms with Crippen molar-refractivity contribution in [3.8, 4) is 0 Å². The Hall–Kier alpha value is -1.43. The molecule has 0 saturated heterocycles. The van der Waals surface area contributed by atoms with Crippen LogP contribution in [0, 0.1) is 6.92 Å². The number of carboxylic acids is 1. The Labute approximate surface area is 87.5 Å². The van der Waals surface area contributed by atoms with Crippen LogP contribution in [0.25, 0.3) is 5.65 Å². The van der Waals surface area contributed by atoms with Gasteiger partial charge in [0.05, 0.1) is 11.3 Å². The molecule has 0 spiro atoms. The second-order valence-electron chi connectivity index (χ2n) is 2.80. The molecular weight excluding hydrogens is 250 g/mol. The average Bonchev–Trinajstić information content (AvgIpc) is 2.46. The molecule has 0 atom stereocenters. The molecule has 0 amide bonds. The minimum Gasteiger partial charge on any atom is -0.478 e. The lowest BCUT2D eigenvalue weighted by atomic mass is 10.2. The van der Waals surface area contributed by atoms with Gasteiger partial charge < -0.3 is 5.11 Å². The van der Waals surface area contributed by atoms with Gasteiger partial charge in [-0.25, -0.2) is 14.3 Å². The Balaban J connectivity index is 2.80. The predicted octanol–water partition coefficient (Wildman–Crippen LogP) is 1.50. The molecule has 0 aliphatic carbocycles. The molecule has 2 heterocycles. The second kappa shape index (κ2) is 3.06. The largest absolute Gasteiger partial charge is 0.478 e. The number of fused-ring (bicyclic) bond motifs is 1. The lowest BCUT2D eigenvalue weighted by Crippen LogP contribution is -2.06. The van der Waals surface area contributed by atoms with Crippen LogP contribution in [-0.4, -0.2) is 25.7 Å². The summed E-state index contributed by atoms with van der Waals surface area (Å²) in [6.45, 7) is 1.69. The van der Waals surface area contributed by atoms with Crippen molar-refractivity contribution >= 4 is 27.5 Å². The van der Waals surface area contributed by atoms with Crippen molar-refractivity contribution in [3.05, 3.63) is 28.1 Å². The highest BCUT2D eigenvalue weighted by Gasteiger charge is 2.12. The van der Waals surface area contributed by atoms with Crippen molar-refractivity contribution < 1.29 is 9.90 Å². The summed E-state index contributed by atoms with van der Waals surface area (Å²) < 4.78 is 2.13. The summed E-state index contributed by atoms with van der Waals surface area (Å²) in [5, 5.41) is 12.9. The van der Waals surface area contributed by atoms with E-state index in [9.17, 15) is 4.79 Å². The molecule has 2 rings (SSSR count). The van der Waals surface area contributed by atoms with Crippen LogP contribution in [-0.2, 0) is 0 Å². The summed E-state index contributed by atoms with van der Waals surface area (Å²) in [5.41, 5.74) is 1.35. The van der Waals surface area contributed by atoms with Crippen molar-refractivity contribution in [2.45, 2.75) is 6.92 Å². The van der Waals surface area contributed by atoms with E-state index in [-0.39, 0.29) is 5.56 Å². The Morgan fingerprint density at radius 1 is 1.64 bits per heavy atom. The third-order valence-corrected chi connectivity index (χ3v) is 2.31. The molecule has 0 aliphatic heterocycles. The molecule has 0 radical (unpaired) electrons. The van der Waals surface area contributed by atoms with E-state index in [0.717, 1.165) is 0 Å². The maximum absolute atomic E-state index is 10.8. The first-order valence-electron chi connectivity index (χ1n) is 3.84. The van der Waals surface area contributed by atoms with Crippen molar-refractivity contribution in [2.24, 2.45) is 0 Å². The van der Waals surface area contributed by atoms with Crippen molar-refractivity contribution in [2.75, 3.05) is 0 Å². The van der Waals surface area contributed by atoms with Crippen LogP contribution in [0.5, 0.6) is 0 Å². The number of nitrogens with zero attached hydrogens (tertiary/aromatic N) is 3. The number of hydrogen-bond acceptors (Lipinski definition) is 3. The molecule has 1 N–H and O–H groups in total. The van der Waals surface area contributed by atoms with E-state index in [2.05, 4.69) is 26.0 Å². The van der Waals surface area contributed by atoms with Gasteiger partial charge in [0.25, 0.3) is 0 Å². The summed E-state index contributed by atoms with van der Waals surface area (Å²) in [4.78, 5) is 14.8. The van der Waals surface area contributed by atoms with Gasteiger partial charge in [-0.15, -0.1) is 0 Å². The molecule has 14 heavy (non-hydrogen) atoms. The van der Waals surface area contributed by atoms with Crippen LogP contribution < -0.4 is 0 Å². The fourth-order valence-electron chi connectivity index (χ4n) is 1.23. The van der Waals surface area contributed by atoms with Crippen LogP contribution in [0.3, 0.4) is 0 Å². The van der Waals surface area contributed by atoms with Gasteiger partial charge in [0.15, 0.2) is 5.65 Å². The molecule has 6 heteroatoms. The molecule has 0 fully saturated rings. The first kappa shape index (κ1) is 9.14. The Kier molecular flexibility index (Phi) is 1.99. The monoisotopic (exact) mass is 255 g/mol. The highest BCUT2D eigenvalue weighted by atomic mass is 79.9. The standard InChI is InChI=1S/C8H6BrN3O2/c1-4-5(8(13)14)3-10-7-2-6(9)11-12(4)7/h2-3H,1H3,(H,13,14). The Bertz CT molecular complexity index is 521. The van der Waals surface area contributed by atoms with Crippen LogP contribution in [0.4, 0.5) is 0 Å². The zero-order chi connectivity index (χ0) is 10.3. The summed E-state index contributed by atoms with van der Waals surface area (Å²) in [6.07, 6.45) is 1.33. The summed E-state index contributed by atoms with van der Waals surface area (Å²) in [6, 6.07) is 1.72. The second-order valence-corrected chi connectivity index (χ2v) is 3.61. The van der Waals surface area contributed by atoms with E-state index >= 15 is 0 Å². The summed E-state index contributed by atoms with van der Waals surface area (Å²) in [7, 11) is 0. The van der Waals surface area contributed by atoms with Gasteiger partial charge in [-0.3, -0.25) is 0 Å². The minimum atomic E-state index is -0.997. The molecule has 2 aromatic rings. The third-order valence-electron chi connectivity index (χ3n) is 1.92. The Morgan fingerprint density at radius 2 is 2.36 bits per heavy atom. The van der Waals surface area contributed by atoms with Crippen LogP contribution in [0.15, 0.2) is 16.9 Å². The molecule has 0 aromatic carbocycles.